The van der Waals surface area contributed by atoms with Crippen molar-refractivity contribution < 1.29 is 14.4 Å². The van der Waals surface area contributed by atoms with E-state index in [2.05, 4.69) is 10.5 Å². The fourth-order valence-corrected chi connectivity index (χ4v) is 1.11. The second-order valence-corrected chi connectivity index (χ2v) is 4.01. The lowest BCUT2D eigenvalue weighted by Crippen LogP contribution is -2.53. The fourth-order valence-electron chi connectivity index (χ4n) is 1.11. The van der Waals surface area contributed by atoms with Crippen LogP contribution in [-0.4, -0.2) is 22.5 Å². The highest BCUT2D eigenvalue weighted by Crippen LogP contribution is 2.09. The smallest absolute Gasteiger partial charge is 0.255 e. The third-order valence-corrected chi connectivity index (χ3v) is 2.17. The minimum Gasteiger partial charge on any atom is -0.469 e. The number of amides is 1. The molecule has 1 amide bonds. The summed E-state index contributed by atoms with van der Waals surface area (Å²) in [5, 5.41) is 14.0. The minimum atomic E-state index is -0.920. The fraction of sp³-hybridized carbons (Fsp3) is 0.400. The van der Waals surface area contributed by atoms with Gasteiger partial charge in [0, 0.05) is 0 Å². The first-order valence-electron chi connectivity index (χ1n) is 4.72. The number of carbonyl (C=O) groups excluding carboxylic acids is 1. The van der Waals surface area contributed by atoms with E-state index in [9.17, 15) is 4.79 Å². The van der Waals surface area contributed by atoms with E-state index < -0.39 is 5.54 Å². The number of furan rings is 1. The topological polar surface area (TPSA) is 101 Å². The van der Waals surface area contributed by atoms with Crippen LogP contribution in [0.3, 0.4) is 0 Å². The van der Waals surface area contributed by atoms with Crippen molar-refractivity contribution in [3.8, 4) is 0 Å². The van der Waals surface area contributed by atoms with Gasteiger partial charge < -0.3 is 20.7 Å². The lowest BCUT2D eigenvalue weighted by atomic mass is 10.0. The lowest BCUT2D eigenvalue weighted by Gasteiger charge is -2.23. The van der Waals surface area contributed by atoms with Crippen LogP contribution >= 0.6 is 0 Å². The van der Waals surface area contributed by atoms with Gasteiger partial charge in [-0.05, 0) is 26.8 Å². The highest BCUT2D eigenvalue weighted by molar-refractivity contribution is 5.99. The standard InChI is InChI=1S/C10H15N3O3/c1-6-4-7(5-16-6)8(14)12-10(2,3)9(11)13-15/h4-5,15H,1-3H3,(H2,11,13)(H,12,14). The van der Waals surface area contributed by atoms with Crippen LogP contribution in [0.25, 0.3) is 0 Å². The van der Waals surface area contributed by atoms with Gasteiger partial charge in [0.25, 0.3) is 5.91 Å². The van der Waals surface area contributed by atoms with E-state index in [0.717, 1.165) is 0 Å². The Kier molecular flexibility index (Phi) is 3.22. The van der Waals surface area contributed by atoms with Crippen molar-refractivity contribution in [2.75, 3.05) is 0 Å². The van der Waals surface area contributed by atoms with E-state index in [-0.39, 0.29) is 11.7 Å². The Bertz CT molecular complexity index is 421. The molecule has 1 heterocycles. The monoisotopic (exact) mass is 225 g/mol. The van der Waals surface area contributed by atoms with E-state index in [1.54, 1.807) is 26.8 Å². The van der Waals surface area contributed by atoms with Gasteiger partial charge in [0.15, 0.2) is 5.84 Å². The van der Waals surface area contributed by atoms with Crippen molar-refractivity contribution in [3.63, 3.8) is 0 Å². The van der Waals surface area contributed by atoms with Crippen LogP contribution < -0.4 is 11.1 Å². The zero-order chi connectivity index (χ0) is 12.3. The predicted octanol–water partition coefficient (Wildman–Crippen LogP) is 0.843. The summed E-state index contributed by atoms with van der Waals surface area (Å²) in [4.78, 5) is 11.7. The molecule has 16 heavy (non-hydrogen) atoms. The predicted molar refractivity (Wildman–Crippen MR) is 58.4 cm³/mol. The minimum absolute atomic E-state index is 0.0685. The van der Waals surface area contributed by atoms with Gasteiger partial charge in [-0.3, -0.25) is 4.79 Å². The van der Waals surface area contributed by atoms with Crippen LogP contribution in [-0.2, 0) is 0 Å². The van der Waals surface area contributed by atoms with Crippen LogP contribution in [0.1, 0.15) is 30.0 Å². The second kappa shape index (κ2) is 4.26. The number of amidine groups is 1. The number of hydrogen-bond donors (Lipinski definition) is 3. The summed E-state index contributed by atoms with van der Waals surface area (Å²) in [5.74, 6) is 0.237. The summed E-state index contributed by atoms with van der Waals surface area (Å²) in [6, 6.07) is 1.61. The average Bonchev–Trinajstić information content (AvgIpc) is 2.63. The normalized spacial score (nSPS) is 12.6. The maximum absolute atomic E-state index is 11.7. The molecule has 0 saturated carbocycles. The SMILES string of the molecule is Cc1cc(C(=O)NC(C)(C)C(N)=NO)co1. The van der Waals surface area contributed by atoms with E-state index in [1.807, 2.05) is 0 Å². The molecule has 0 spiro atoms. The van der Waals surface area contributed by atoms with Gasteiger partial charge in [0.05, 0.1) is 11.1 Å². The van der Waals surface area contributed by atoms with Crippen LogP contribution in [0.15, 0.2) is 21.9 Å². The molecular formula is C10H15N3O3. The molecule has 0 fully saturated rings. The van der Waals surface area contributed by atoms with Crippen LogP contribution in [0.2, 0.25) is 0 Å². The van der Waals surface area contributed by atoms with Crippen LogP contribution in [0.4, 0.5) is 0 Å². The molecule has 6 nitrogen and oxygen atoms in total. The van der Waals surface area contributed by atoms with Crippen molar-refractivity contribution in [1.29, 1.82) is 0 Å². The Morgan fingerprint density at radius 3 is 2.69 bits per heavy atom. The van der Waals surface area contributed by atoms with Gasteiger partial charge in [-0.15, -0.1) is 0 Å². The average molecular weight is 225 g/mol. The van der Waals surface area contributed by atoms with Crippen molar-refractivity contribution in [3.05, 3.63) is 23.7 Å². The number of nitrogens with zero attached hydrogens (tertiary/aromatic N) is 1. The largest absolute Gasteiger partial charge is 0.469 e. The summed E-state index contributed by atoms with van der Waals surface area (Å²) in [5.41, 5.74) is 4.92. The molecule has 1 aromatic heterocycles. The molecule has 88 valence electrons. The number of oxime groups is 1. The zero-order valence-corrected chi connectivity index (χ0v) is 9.44. The van der Waals surface area contributed by atoms with Gasteiger partial charge in [0.2, 0.25) is 0 Å². The molecule has 0 aliphatic heterocycles. The summed E-state index contributed by atoms with van der Waals surface area (Å²) in [6.45, 7) is 5.01. The van der Waals surface area contributed by atoms with Gasteiger partial charge in [0.1, 0.15) is 12.0 Å². The van der Waals surface area contributed by atoms with Gasteiger partial charge >= 0.3 is 0 Å². The van der Waals surface area contributed by atoms with Crippen molar-refractivity contribution >= 4 is 11.7 Å². The molecule has 1 rings (SSSR count). The molecule has 0 aliphatic carbocycles. The van der Waals surface area contributed by atoms with Gasteiger partial charge in [-0.25, -0.2) is 0 Å². The molecule has 0 saturated heterocycles. The Labute approximate surface area is 93.1 Å². The van der Waals surface area contributed by atoms with E-state index >= 15 is 0 Å². The van der Waals surface area contributed by atoms with E-state index in [0.29, 0.717) is 11.3 Å². The number of nitrogens with one attached hydrogen (secondary N) is 1. The zero-order valence-electron chi connectivity index (χ0n) is 9.44. The molecule has 1 aromatic rings. The summed E-state index contributed by atoms with van der Waals surface area (Å²) >= 11 is 0. The molecule has 4 N–H and O–H groups in total. The molecule has 0 bridgehead atoms. The maximum atomic E-state index is 11.7. The Balaban J connectivity index is 2.79. The quantitative estimate of drug-likeness (QED) is 0.307. The summed E-state index contributed by atoms with van der Waals surface area (Å²) in [6.07, 6.45) is 1.35. The molecule has 0 unspecified atom stereocenters. The van der Waals surface area contributed by atoms with Crippen molar-refractivity contribution in [2.24, 2.45) is 10.9 Å². The molecule has 0 radical (unpaired) electrons. The Morgan fingerprint density at radius 1 is 1.62 bits per heavy atom. The summed E-state index contributed by atoms with van der Waals surface area (Å²) < 4.78 is 5.02. The number of rotatable bonds is 3. The molecule has 0 atom stereocenters. The first-order valence-corrected chi connectivity index (χ1v) is 4.72. The van der Waals surface area contributed by atoms with E-state index in [4.69, 9.17) is 15.4 Å². The van der Waals surface area contributed by atoms with Crippen LogP contribution in [0, 0.1) is 6.92 Å². The Morgan fingerprint density at radius 2 is 2.25 bits per heavy atom. The number of aryl methyl sites for hydroxylation is 1. The molecule has 0 aliphatic rings. The number of hydrogen-bond acceptors (Lipinski definition) is 4. The van der Waals surface area contributed by atoms with Crippen molar-refractivity contribution in [1.82, 2.24) is 5.32 Å². The third-order valence-electron chi connectivity index (χ3n) is 2.17. The van der Waals surface area contributed by atoms with Gasteiger partial charge in [-0.1, -0.05) is 5.16 Å². The number of carbonyl (C=O) groups is 1. The lowest BCUT2D eigenvalue weighted by molar-refractivity contribution is 0.0930. The second-order valence-electron chi connectivity index (χ2n) is 4.01. The van der Waals surface area contributed by atoms with Gasteiger partial charge in [-0.2, -0.15) is 0 Å². The summed E-state index contributed by atoms with van der Waals surface area (Å²) in [7, 11) is 0. The third kappa shape index (κ3) is 2.53. The first kappa shape index (κ1) is 12.1. The maximum Gasteiger partial charge on any atom is 0.255 e. The molecule has 0 aromatic carbocycles. The van der Waals surface area contributed by atoms with Crippen LogP contribution in [0.5, 0.6) is 0 Å². The highest BCUT2D eigenvalue weighted by atomic mass is 16.4. The van der Waals surface area contributed by atoms with E-state index in [1.165, 1.54) is 6.26 Å². The highest BCUT2D eigenvalue weighted by Gasteiger charge is 2.26. The number of nitrogens with two attached hydrogens (primary N) is 1. The molecule has 6 heteroatoms. The first-order chi connectivity index (χ1) is 7.36. The van der Waals surface area contributed by atoms with Crippen molar-refractivity contribution in [2.45, 2.75) is 26.3 Å². The Hall–Kier alpha value is -1.98. The molecular weight excluding hydrogens is 210 g/mol.